The number of aldehydes is 1. The Hall–Kier alpha value is -1.14. The summed E-state index contributed by atoms with van der Waals surface area (Å²) in [5.74, 6) is -0.112. The highest BCUT2D eigenvalue weighted by Crippen LogP contribution is 2.34. The average molecular weight is 340 g/mol. The minimum atomic E-state index is -0.929. The van der Waals surface area contributed by atoms with Gasteiger partial charge in [0.05, 0.1) is 11.6 Å². The molecule has 2 heterocycles. The van der Waals surface area contributed by atoms with E-state index in [0.29, 0.717) is 13.1 Å². The van der Waals surface area contributed by atoms with Gasteiger partial charge < -0.3 is 19.5 Å². The molecule has 0 aromatic heterocycles. The standard InChI is InChI=1S/C18H32N2O4/c1-17(2,3)24-16(22)19-10-8-15(14(11-19)18(4,5)23)20-9-6-7-13(20)12-21/h12-15,23H,6-11H2,1-5H3. The number of likely N-dealkylation sites (tertiary alicyclic amines) is 2. The van der Waals surface area contributed by atoms with Crippen LogP contribution in [0.5, 0.6) is 0 Å². The number of rotatable bonds is 3. The molecule has 24 heavy (non-hydrogen) atoms. The summed E-state index contributed by atoms with van der Waals surface area (Å²) < 4.78 is 5.48. The summed E-state index contributed by atoms with van der Waals surface area (Å²) >= 11 is 0. The quantitative estimate of drug-likeness (QED) is 0.796. The van der Waals surface area contributed by atoms with E-state index in [-0.39, 0.29) is 24.1 Å². The van der Waals surface area contributed by atoms with E-state index in [4.69, 9.17) is 4.74 Å². The first kappa shape index (κ1) is 19.2. The molecule has 0 aromatic rings. The molecule has 1 amide bonds. The second-order valence-electron chi connectivity index (χ2n) is 8.63. The van der Waals surface area contributed by atoms with Crippen LogP contribution in [-0.2, 0) is 9.53 Å². The minimum Gasteiger partial charge on any atom is -0.444 e. The van der Waals surface area contributed by atoms with Crippen molar-refractivity contribution >= 4 is 12.4 Å². The number of piperidine rings is 1. The summed E-state index contributed by atoms with van der Waals surface area (Å²) in [5.41, 5.74) is -1.46. The predicted octanol–water partition coefficient (Wildman–Crippen LogP) is 2.05. The van der Waals surface area contributed by atoms with Gasteiger partial charge in [0.25, 0.3) is 0 Å². The molecular weight excluding hydrogens is 308 g/mol. The predicted molar refractivity (Wildman–Crippen MR) is 91.8 cm³/mol. The van der Waals surface area contributed by atoms with Gasteiger partial charge in [-0.3, -0.25) is 4.90 Å². The monoisotopic (exact) mass is 340 g/mol. The van der Waals surface area contributed by atoms with Gasteiger partial charge in [-0.15, -0.1) is 0 Å². The zero-order valence-electron chi connectivity index (χ0n) is 15.6. The second-order valence-corrected chi connectivity index (χ2v) is 8.63. The fourth-order valence-electron chi connectivity index (χ4n) is 3.90. The van der Waals surface area contributed by atoms with E-state index < -0.39 is 11.2 Å². The summed E-state index contributed by atoms with van der Waals surface area (Å²) in [4.78, 5) is 27.7. The minimum absolute atomic E-state index is 0.0621. The lowest BCUT2D eigenvalue weighted by atomic mass is 9.79. The lowest BCUT2D eigenvalue weighted by Gasteiger charge is -2.48. The smallest absolute Gasteiger partial charge is 0.410 e. The molecule has 6 heteroatoms. The lowest BCUT2D eigenvalue weighted by Crippen LogP contribution is -2.59. The highest BCUT2D eigenvalue weighted by molar-refractivity contribution is 5.68. The highest BCUT2D eigenvalue weighted by atomic mass is 16.6. The summed E-state index contributed by atoms with van der Waals surface area (Å²) in [6, 6.07) is 0.0503. The van der Waals surface area contributed by atoms with Crippen molar-refractivity contribution < 1.29 is 19.4 Å². The van der Waals surface area contributed by atoms with E-state index in [2.05, 4.69) is 4.90 Å². The zero-order chi connectivity index (χ0) is 18.1. The van der Waals surface area contributed by atoms with Crippen LogP contribution in [-0.4, -0.2) is 70.2 Å². The molecule has 2 aliphatic rings. The van der Waals surface area contributed by atoms with E-state index in [1.165, 1.54) is 0 Å². The average Bonchev–Trinajstić information content (AvgIpc) is 2.92. The number of ether oxygens (including phenoxy) is 1. The van der Waals surface area contributed by atoms with Crippen molar-refractivity contribution in [2.75, 3.05) is 19.6 Å². The Labute approximate surface area is 145 Å². The largest absolute Gasteiger partial charge is 0.444 e. The fourth-order valence-corrected chi connectivity index (χ4v) is 3.90. The Balaban J connectivity index is 2.13. The van der Waals surface area contributed by atoms with Gasteiger partial charge in [0.15, 0.2) is 0 Å². The fraction of sp³-hybridized carbons (Fsp3) is 0.889. The van der Waals surface area contributed by atoms with E-state index in [1.807, 2.05) is 20.8 Å². The van der Waals surface area contributed by atoms with Crippen LogP contribution in [0.15, 0.2) is 0 Å². The number of nitrogens with zero attached hydrogens (tertiary/aromatic N) is 2. The molecule has 3 atom stereocenters. The molecule has 0 spiro atoms. The highest BCUT2D eigenvalue weighted by Gasteiger charge is 2.45. The first-order chi connectivity index (χ1) is 11.0. The molecule has 2 aliphatic heterocycles. The van der Waals surface area contributed by atoms with Crippen LogP contribution in [0.4, 0.5) is 4.79 Å². The van der Waals surface area contributed by atoms with Crippen molar-refractivity contribution in [1.29, 1.82) is 0 Å². The van der Waals surface area contributed by atoms with E-state index in [1.54, 1.807) is 18.7 Å². The number of carbonyl (C=O) groups is 2. The van der Waals surface area contributed by atoms with Gasteiger partial charge in [0.1, 0.15) is 11.9 Å². The molecule has 2 fully saturated rings. The molecular formula is C18H32N2O4. The van der Waals surface area contributed by atoms with E-state index in [9.17, 15) is 14.7 Å². The molecule has 3 unspecified atom stereocenters. The van der Waals surface area contributed by atoms with Gasteiger partial charge in [-0.2, -0.15) is 0 Å². The molecule has 0 bridgehead atoms. The molecule has 2 saturated heterocycles. The lowest BCUT2D eigenvalue weighted by molar-refractivity contribution is -0.115. The third kappa shape index (κ3) is 4.48. The second kappa shape index (κ2) is 7.00. The third-order valence-electron chi connectivity index (χ3n) is 5.06. The Kier molecular flexibility index (Phi) is 5.60. The Morgan fingerprint density at radius 1 is 1.17 bits per heavy atom. The van der Waals surface area contributed by atoms with Crippen molar-refractivity contribution in [3.05, 3.63) is 0 Å². The van der Waals surface area contributed by atoms with Crippen LogP contribution < -0.4 is 0 Å². The maximum Gasteiger partial charge on any atom is 0.410 e. The molecule has 2 rings (SSSR count). The van der Waals surface area contributed by atoms with Crippen molar-refractivity contribution in [1.82, 2.24) is 9.80 Å². The van der Waals surface area contributed by atoms with Gasteiger partial charge in [0.2, 0.25) is 0 Å². The van der Waals surface area contributed by atoms with Crippen LogP contribution in [0, 0.1) is 5.92 Å². The first-order valence-electron chi connectivity index (χ1n) is 8.94. The summed E-state index contributed by atoms with van der Waals surface area (Å²) in [7, 11) is 0. The van der Waals surface area contributed by atoms with Gasteiger partial charge in [-0.05, 0) is 60.4 Å². The molecule has 1 N–H and O–H groups in total. The van der Waals surface area contributed by atoms with Crippen molar-refractivity contribution in [2.24, 2.45) is 5.92 Å². The van der Waals surface area contributed by atoms with Gasteiger partial charge >= 0.3 is 6.09 Å². The number of aliphatic hydroxyl groups is 1. The molecule has 0 radical (unpaired) electrons. The molecule has 138 valence electrons. The topological polar surface area (TPSA) is 70.1 Å². The van der Waals surface area contributed by atoms with Crippen molar-refractivity contribution in [2.45, 2.75) is 77.2 Å². The first-order valence-corrected chi connectivity index (χ1v) is 8.94. The number of hydrogen-bond donors (Lipinski definition) is 1. The Morgan fingerprint density at radius 3 is 2.38 bits per heavy atom. The van der Waals surface area contributed by atoms with Gasteiger partial charge in [-0.1, -0.05) is 0 Å². The van der Waals surface area contributed by atoms with E-state index in [0.717, 1.165) is 32.1 Å². The summed E-state index contributed by atoms with van der Waals surface area (Å²) in [6.07, 6.45) is 3.33. The zero-order valence-corrected chi connectivity index (χ0v) is 15.6. The van der Waals surface area contributed by atoms with Crippen LogP contribution in [0.25, 0.3) is 0 Å². The Bertz CT molecular complexity index is 467. The number of amides is 1. The van der Waals surface area contributed by atoms with Crippen molar-refractivity contribution in [3.8, 4) is 0 Å². The molecule has 0 aromatic carbocycles. The molecule has 0 aliphatic carbocycles. The van der Waals surface area contributed by atoms with Gasteiger partial charge in [0, 0.05) is 25.0 Å². The maximum absolute atomic E-state index is 12.4. The van der Waals surface area contributed by atoms with Crippen LogP contribution in [0.1, 0.15) is 53.9 Å². The maximum atomic E-state index is 12.4. The summed E-state index contributed by atoms with van der Waals surface area (Å²) in [5, 5.41) is 10.7. The molecule has 6 nitrogen and oxygen atoms in total. The van der Waals surface area contributed by atoms with Crippen molar-refractivity contribution in [3.63, 3.8) is 0 Å². The van der Waals surface area contributed by atoms with E-state index >= 15 is 0 Å². The van der Waals surface area contributed by atoms with Crippen LogP contribution in [0.2, 0.25) is 0 Å². The number of hydrogen-bond acceptors (Lipinski definition) is 5. The van der Waals surface area contributed by atoms with Gasteiger partial charge in [-0.25, -0.2) is 4.79 Å². The Morgan fingerprint density at radius 2 is 1.83 bits per heavy atom. The van der Waals surface area contributed by atoms with Crippen LogP contribution in [0.3, 0.4) is 0 Å². The summed E-state index contributed by atoms with van der Waals surface area (Å²) in [6.45, 7) is 11.1. The normalized spacial score (nSPS) is 29.6. The number of carbonyl (C=O) groups excluding carboxylic acids is 2. The van der Waals surface area contributed by atoms with Crippen LogP contribution >= 0.6 is 0 Å². The molecule has 0 saturated carbocycles. The third-order valence-corrected chi connectivity index (χ3v) is 5.06. The SMILES string of the molecule is CC(C)(C)OC(=O)N1CCC(N2CCCC2C=O)C(C(C)(C)O)C1.